The van der Waals surface area contributed by atoms with Gasteiger partial charge in [-0.2, -0.15) is 0 Å². The predicted octanol–water partition coefficient (Wildman–Crippen LogP) is 4.13. The number of phenols is 1. The minimum atomic E-state index is -0.838. The third-order valence-corrected chi connectivity index (χ3v) is 8.65. The van der Waals surface area contributed by atoms with Gasteiger partial charge in [-0.1, -0.05) is 0 Å². The second kappa shape index (κ2) is 9.43. The molecular formula is C29H42N4O7. The fourth-order valence-electron chi connectivity index (χ4n) is 7.37. The molecule has 0 unspecified atom stereocenters. The van der Waals surface area contributed by atoms with Crippen molar-refractivity contribution >= 4 is 18.1 Å². The lowest BCUT2D eigenvalue weighted by Crippen LogP contribution is -2.70. The van der Waals surface area contributed by atoms with Gasteiger partial charge in [0.1, 0.15) is 23.1 Å². The molecule has 1 aromatic carbocycles. The van der Waals surface area contributed by atoms with Gasteiger partial charge in [-0.05, 0) is 86.7 Å². The zero-order valence-corrected chi connectivity index (χ0v) is 24.7. The van der Waals surface area contributed by atoms with Crippen molar-refractivity contribution in [1.29, 1.82) is 5.41 Å². The number of aromatic hydroxyl groups is 1. The minimum absolute atomic E-state index is 0.0000256. The number of nitrogens with one attached hydrogen (secondary N) is 2. The molecule has 5 atom stereocenters. The number of ether oxygens (including phenoxy) is 4. The predicted molar refractivity (Wildman–Crippen MR) is 147 cm³/mol. The number of alkyl carbamates (subject to hydrolysis) is 1. The second-order valence-corrected chi connectivity index (χ2v) is 13.4. The van der Waals surface area contributed by atoms with Crippen LogP contribution in [0.2, 0.25) is 0 Å². The molecule has 0 radical (unpaired) electrons. The first-order chi connectivity index (χ1) is 18.6. The molecule has 4 aliphatic rings. The van der Waals surface area contributed by atoms with E-state index in [0.717, 1.165) is 36.9 Å². The Balaban J connectivity index is 1.59. The summed E-state index contributed by atoms with van der Waals surface area (Å²) < 4.78 is 23.5. The van der Waals surface area contributed by atoms with E-state index in [1.54, 1.807) is 54.7 Å². The van der Waals surface area contributed by atoms with Crippen molar-refractivity contribution in [3.05, 3.63) is 17.2 Å². The molecule has 1 saturated carbocycles. The Morgan fingerprint density at radius 2 is 1.85 bits per heavy atom. The van der Waals surface area contributed by atoms with Crippen molar-refractivity contribution in [1.82, 2.24) is 15.1 Å². The SMILES string of the molecule is COc1cc(O)c2c3c1C[C@@H]1[C@@H]4CC[C@@H](N(C(=N)NC(=O)OC(C)(C)C)C(=O)OC(C)(C)C)[C@H](O2)[C@]34CCN1C. The van der Waals surface area contributed by atoms with E-state index in [1.807, 2.05) is 0 Å². The van der Waals surface area contributed by atoms with E-state index >= 15 is 0 Å². The van der Waals surface area contributed by atoms with Crippen molar-refractivity contribution < 1.29 is 33.6 Å². The summed E-state index contributed by atoms with van der Waals surface area (Å²) in [5.41, 5.74) is -0.131. The smallest absolute Gasteiger partial charge is 0.417 e. The number of guanidine groups is 1. The zero-order valence-electron chi connectivity index (χ0n) is 24.7. The highest BCUT2D eigenvalue weighted by molar-refractivity contribution is 6.00. The molecule has 2 amide bonds. The van der Waals surface area contributed by atoms with E-state index < -0.39 is 46.9 Å². The number of carbonyl (C=O) groups is 2. The molecule has 3 N–H and O–H groups in total. The van der Waals surface area contributed by atoms with Crippen molar-refractivity contribution in [3.8, 4) is 17.2 Å². The largest absolute Gasteiger partial charge is 0.504 e. The monoisotopic (exact) mass is 558 g/mol. The maximum Gasteiger partial charge on any atom is 0.417 e. The lowest BCUT2D eigenvalue weighted by Gasteiger charge is -2.59. The number of hydrogen-bond donors (Lipinski definition) is 3. The summed E-state index contributed by atoms with van der Waals surface area (Å²) >= 11 is 0. The second-order valence-electron chi connectivity index (χ2n) is 13.4. The number of rotatable bonds is 2. The summed E-state index contributed by atoms with van der Waals surface area (Å²) in [6, 6.07) is 1.21. The Bertz CT molecular complexity index is 1240. The van der Waals surface area contributed by atoms with E-state index in [1.165, 1.54) is 4.90 Å². The Morgan fingerprint density at radius 1 is 1.18 bits per heavy atom. The molecule has 0 aromatic heterocycles. The van der Waals surface area contributed by atoms with Crippen LogP contribution in [0.1, 0.15) is 71.9 Å². The molecule has 40 heavy (non-hydrogen) atoms. The number of hydrogen-bond acceptors (Lipinski definition) is 9. The molecule has 2 heterocycles. The normalized spacial score (nSPS) is 28.6. The summed E-state index contributed by atoms with van der Waals surface area (Å²) in [6.07, 6.45) is 0.679. The maximum absolute atomic E-state index is 13.7. The van der Waals surface area contributed by atoms with Crippen LogP contribution in [-0.2, 0) is 21.3 Å². The van der Waals surface area contributed by atoms with Gasteiger partial charge in [0, 0.05) is 28.7 Å². The fourth-order valence-corrected chi connectivity index (χ4v) is 7.37. The first kappa shape index (κ1) is 28.3. The van der Waals surface area contributed by atoms with Crippen LogP contribution in [0.15, 0.2) is 6.07 Å². The number of likely N-dealkylation sites (N-methyl/N-ethyl adjacent to an activating group) is 1. The number of amides is 2. The standard InChI is InChI=1S/C29H42N4O7/c1-27(2,3)39-25(35)31-24(30)33(26(36)40-28(4,5)6)17-10-9-16-18-13-15-20(37-8)14-19(34)22-21(15)29(16,23(17)38-22)11-12-32(18)7/h14,16-18,23,34H,9-13H2,1-8H3,(H2,30,31,35)/t16-,17+,18+,23-,29-/m0/s1. The lowest BCUT2D eigenvalue weighted by molar-refractivity contribution is -0.0742. The minimum Gasteiger partial charge on any atom is -0.504 e. The van der Waals surface area contributed by atoms with Crippen molar-refractivity contribution in [2.24, 2.45) is 5.92 Å². The van der Waals surface area contributed by atoms with Crippen LogP contribution in [0.4, 0.5) is 9.59 Å². The zero-order chi connectivity index (χ0) is 29.4. The molecule has 11 nitrogen and oxygen atoms in total. The highest BCUT2D eigenvalue weighted by Crippen LogP contribution is 2.65. The van der Waals surface area contributed by atoms with Gasteiger partial charge >= 0.3 is 12.2 Å². The summed E-state index contributed by atoms with van der Waals surface area (Å²) in [5.74, 6) is 0.840. The fraction of sp³-hybridized carbons (Fsp3) is 0.690. The molecule has 5 rings (SSSR count). The van der Waals surface area contributed by atoms with Gasteiger partial charge in [0.25, 0.3) is 0 Å². The molecule has 2 bridgehead atoms. The molecule has 1 saturated heterocycles. The van der Waals surface area contributed by atoms with E-state index in [0.29, 0.717) is 17.9 Å². The summed E-state index contributed by atoms with van der Waals surface area (Å²) in [4.78, 5) is 30.0. The quantitative estimate of drug-likeness (QED) is 0.364. The van der Waals surface area contributed by atoms with Crippen LogP contribution in [0.25, 0.3) is 0 Å². The van der Waals surface area contributed by atoms with Crippen LogP contribution in [-0.4, -0.2) is 83.1 Å². The molecule has 2 fully saturated rings. The number of carbonyl (C=O) groups excluding carboxylic acids is 2. The third kappa shape index (κ3) is 4.52. The van der Waals surface area contributed by atoms with Gasteiger partial charge in [0.2, 0.25) is 5.96 Å². The maximum atomic E-state index is 13.7. The van der Waals surface area contributed by atoms with Crippen molar-refractivity contribution in [3.63, 3.8) is 0 Å². The molecule has 2 aliphatic carbocycles. The van der Waals surface area contributed by atoms with Crippen LogP contribution >= 0.6 is 0 Å². The van der Waals surface area contributed by atoms with Crippen LogP contribution in [0, 0.1) is 11.3 Å². The van der Waals surface area contributed by atoms with E-state index in [4.69, 9.17) is 24.4 Å². The van der Waals surface area contributed by atoms with Gasteiger partial charge in [-0.15, -0.1) is 0 Å². The highest BCUT2D eigenvalue weighted by Gasteiger charge is 2.67. The Morgan fingerprint density at radius 3 is 2.48 bits per heavy atom. The number of methoxy groups -OCH3 is 1. The average molecular weight is 559 g/mol. The highest BCUT2D eigenvalue weighted by atomic mass is 16.6. The number of nitrogens with zero attached hydrogens (tertiary/aromatic N) is 2. The molecule has 220 valence electrons. The van der Waals surface area contributed by atoms with Crippen LogP contribution < -0.4 is 14.8 Å². The van der Waals surface area contributed by atoms with E-state index in [9.17, 15) is 14.7 Å². The summed E-state index contributed by atoms with van der Waals surface area (Å²) in [6.45, 7) is 11.3. The third-order valence-electron chi connectivity index (χ3n) is 8.65. The topological polar surface area (TPSA) is 134 Å². The van der Waals surface area contributed by atoms with Crippen molar-refractivity contribution in [2.75, 3.05) is 20.7 Å². The van der Waals surface area contributed by atoms with E-state index in [2.05, 4.69) is 17.3 Å². The van der Waals surface area contributed by atoms with Crippen LogP contribution in [0.3, 0.4) is 0 Å². The molecule has 1 spiro atoms. The van der Waals surface area contributed by atoms with Crippen molar-refractivity contribution in [2.45, 2.75) is 102 Å². The number of likely N-dealkylation sites (tertiary alicyclic amines) is 1. The lowest BCUT2D eigenvalue weighted by atomic mass is 9.51. The van der Waals surface area contributed by atoms with Crippen LogP contribution in [0.5, 0.6) is 17.2 Å². The first-order valence-electron chi connectivity index (χ1n) is 14.0. The number of phenolic OH excluding ortho intramolecular Hbond substituents is 1. The number of piperidine rings is 1. The van der Waals surface area contributed by atoms with Gasteiger partial charge in [0.05, 0.1) is 13.2 Å². The van der Waals surface area contributed by atoms with Gasteiger partial charge in [-0.3, -0.25) is 10.7 Å². The summed E-state index contributed by atoms with van der Waals surface area (Å²) in [7, 11) is 3.74. The number of benzene rings is 1. The van der Waals surface area contributed by atoms with Gasteiger partial charge in [-0.25, -0.2) is 14.5 Å². The molecule has 2 aliphatic heterocycles. The molecule has 11 heteroatoms. The van der Waals surface area contributed by atoms with E-state index in [-0.39, 0.29) is 17.7 Å². The van der Waals surface area contributed by atoms with Gasteiger partial charge < -0.3 is 29.0 Å². The Labute approximate surface area is 235 Å². The summed E-state index contributed by atoms with van der Waals surface area (Å²) in [5, 5.41) is 22.4. The molecule has 1 aromatic rings. The first-order valence-corrected chi connectivity index (χ1v) is 14.0. The Hall–Kier alpha value is -3.21. The Kier molecular flexibility index (Phi) is 6.67. The van der Waals surface area contributed by atoms with Gasteiger partial charge in [0.15, 0.2) is 11.5 Å². The average Bonchev–Trinajstić information content (AvgIpc) is 3.16. The molecular weight excluding hydrogens is 516 g/mol.